The zero-order valence-electron chi connectivity index (χ0n) is 20.9. The van der Waals surface area contributed by atoms with E-state index in [4.69, 9.17) is 9.47 Å². The van der Waals surface area contributed by atoms with E-state index in [2.05, 4.69) is 62.4 Å². The lowest BCUT2D eigenvalue weighted by Crippen LogP contribution is -2.31. The molecule has 2 heteroatoms. The second kappa shape index (κ2) is 12.7. The van der Waals surface area contributed by atoms with Gasteiger partial charge in [0, 0.05) is 0 Å². The average molecular weight is 449 g/mol. The number of hydrogen-bond acceptors (Lipinski definition) is 2. The lowest BCUT2D eigenvalue weighted by Gasteiger charge is -2.30. The van der Waals surface area contributed by atoms with Crippen molar-refractivity contribution in [3.63, 3.8) is 0 Å². The average Bonchev–Trinajstić information content (AvgIpc) is 2.89. The summed E-state index contributed by atoms with van der Waals surface area (Å²) >= 11 is 0. The minimum Gasteiger partial charge on any atom is -0.373 e. The number of ether oxygens (including phenoxy) is 2. The smallest absolute Gasteiger partial charge is 0.106 e. The first kappa shape index (κ1) is 24.5. The van der Waals surface area contributed by atoms with Crippen LogP contribution in [0.25, 0.3) is 11.1 Å². The quantitative estimate of drug-likeness (QED) is 0.338. The molecule has 2 aromatic rings. The molecule has 0 N–H and O–H groups in total. The predicted octanol–water partition coefficient (Wildman–Crippen LogP) is 8.85. The van der Waals surface area contributed by atoms with Crippen LogP contribution in [0.1, 0.15) is 108 Å². The molecule has 0 radical (unpaired) electrons. The summed E-state index contributed by atoms with van der Waals surface area (Å²) < 4.78 is 12.3. The van der Waals surface area contributed by atoms with Crippen LogP contribution in [0.3, 0.4) is 0 Å². The Labute approximate surface area is 202 Å². The van der Waals surface area contributed by atoms with Gasteiger partial charge in [0.05, 0.1) is 19.3 Å². The second-order valence-corrected chi connectivity index (χ2v) is 10.4. The molecule has 1 aliphatic carbocycles. The maximum Gasteiger partial charge on any atom is 0.106 e. The van der Waals surface area contributed by atoms with E-state index in [1.807, 2.05) is 0 Å². The molecule has 2 atom stereocenters. The molecular weight excluding hydrogens is 404 g/mol. The van der Waals surface area contributed by atoms with E-state index in [1.54, 1.807) is 0 Å². The summed E-state index contributed by atoms with van der Waals surface area (Å²) in [6, 6.07) is 18.2. The van der Waals surface area contributed by atoms with Crippen LogP contribution >= 0.6 is 0 Å². The first-order valence-electron chi connectivity index (χ1n) is 13.7. The van der Waals surface area contributed by atoms with Gasteiger partial charge in [-0.2, -0.15) is 0 Å². The van der Waals surface area contributed by atoms with Crippen LogP contribution in [-0.2, 0) is 9.47 Å². The van der Waals surface area contributed by atoms with E-state index in [0.717, 1.165) is 24.9 Å². The largest absolute Gasteiger partial charge is 0.373 e. The first-order chi connectivity index (χ1) is 16.3. The van der Waals surface area contributed by atoms with Gasteiger partial charge in [-0.25, -0.2) is 0 Å². The van der Waals surface area contributed by atoms with Crippen molar-refractivity contribution in [2.24, 2.45) is 5.92 Å². The zero-order chi connectivity index (χ0) is 22.9. The van der Waals surface area contributed by atoms with E-state index in [-0.39, 0.29) is 12.2 Å². The van der Waals surface area contributed by atoms with E-state index in [0.29, 0.717) is 6.61 Å². The van der Waals surface area contributed by atoms with Gasteiger partial charge in [0.25, 0.3) is 0 Å². The standard InChI is InChI=1S/C31H44O2/c1-3-5-6-7-8-9-30-22-33-31(23-32-30)29-20-18-28(19-21-29)27-16-14-26(15-17-27)25-12-10-24(4-2)11-13-25/h14-21,24-25,30-31H,3-13,22-23H2,1-2H3. The maximum absolute atomic E-state index is 6.17. The van der Waals surface area contributed by atoms with Crippen molar-refractivity contribution in [2.75, 3.05) is 13.2 Å². The van der Waals surface area contributed by atoms with Gasteiger partial charge in [0.15, 0.2) is 0 Å². The van der Waals surface area contributed by atoms with Gasteiger partial charge < -0.3 is 9.47 Å². The molecule has 0 bridgehead atoms. The SMILES string of the molecule is CCCCCCCC1COC(c2ccc(-c3ccc(C4CCC(CC)CC4)cc3)cc2)CO1. The Morgan fingerprint density at radius 2 is 1.30 bits per heavy atom. The lowest BCUT2D eigenvalue weighted by molar-refractivity contribution is -0.137. The molecule has 33 heavy (non-hydrogen) atoms. The summed E-state index contributed by atoms with van der Waals surface area (Å²) in [6.07, 6.45) is 14.9. The van der Waals surface area contributed by atoms with Gasteiger partial charge in [0.2, 0.25) is 0 Å². The molecule has 2 aromatic carbocycles. The van der Waals surface area contributed by atoms with Gasteiger partial charge in [-0.15, -0.1) is 0 Å². The molecule has 2 aliphatic rings. The van der Waals surface area contributed by atoms with Crippen molar-refractivity contribution < 1.29 is 9.47 Å². The van der Waals surface area contributed by atoms with Crippen LogP contribution in [0, 0.1) is 5.92 Å². The van der Waals surface area contributed by atoms with E-state index >= 15 is 0 Å². The van der Waals surface area contributed by atoms with Crippen molar-refractivity contribution in [1.29, 1.82) is 0 Å². The highest BCUT2D eigenvalue weighted by Crippen LogP contribution is 2.37. The van der Waals surface area contributed by atoms with Crippen molar-refractivity contribution in [3.05, 3.63) is 59.7 Å². The highest BCUT2D eigenvalue weighted by atomic mass is 16.6. The fraction of sp³-hybridized carbons (Fsp3) is 0.613. The van der Waals surface area contributed by atoms with Gasteiger partial charge in [0.1, 0.15) is 6.10 Å². The fourth-order valence-electron chi connectivity index (χ4n) is 5.62. The topological polar surface area (TPSA) is 18.5 Å². The normalized spacial score (nSPS) is 25.8. The number of rotatable bonds is 10. The molecule has 2 fully saturated rings. The van der Waals surface area contributed by atoms with Gasteiger partial charge in [-0.05, 0) is 66.2 Å². The van der Waals surface area contributed by atoms with Crippen LogP contribution in [0.4, 0.5) is 0 Å². The summed E-state index contributed by atoms with van der Waals surface area (Å²) in [4.78, 5) is 0. The van der Waals surface area contributed by atoms with Crippen LogP contribution in [0.2, 0.25) is 0 Å². The Hall–Kier alpha value is -1.64. The highest BCUT2D eigenvalue weighted by molar-refractivity contribution is 5.64. The first-order valence-corrected chi connectivity index (χ1v) is 13.7. The Bertz CT molecular complexity index is 794. The summed E-state index contributed by atoms with van der Waals surface area (Å²) in [7, 11) is 0. The third kappa shape index (κ3) is 6.93. The predicted molar refractivity (Wildman–Crippen MR) is 139 cm³/mol. The molecule has 180 valence electrons. The molecule has 1 saturated carbocycles. The number of hydrogen-bond donors (Lipinski definition) is 0. The van der Waals surface area contributed by atoms with Crippen molar-refractivity contribution >= 4 is 0 Å². The molecule has 0 spiro atoms. The van der Waals surface area contributed by atoms with Gasteiger partial charge >= 0.3 is 0 Å². The Morgan fingerprint density at radius 1 is 0.667 bits per heavy atom. The summed E-state index contributed by atoms with van der Waals surface area (Å²) in [5.41, 5.74) is 5.33. The minimum absolute atomic E-state index is 0.0658. The third-order valence-corrected chi connectivity index (χ3v) is 8.02. The van der Waals surface area contributed by atoms with Crippen LogP contribution in [0.5, 0.6) is 0 Å². The molecule has 4 rings (SSSR count). The van der Waals surface area contributed by atoms with E-state index < -0.39 is 0 Å². The molecule has 2 nitrogen and oxygen atoms in total. The molecule has 1 saturated heterocycles. The van der Waals surface area contributed by atoms with Gasteiger partial charge in [-0.3, -0.25) is 0 Å². The molecular formula is C31H44O2. The number of unbranched alkanes of at least 4 members (excludes halogenated alkanes) is 4. The molecule has 2 unspecified atom stereocenters. The molecule has 1 heterocycles. The second-order valence-electron chi connectivity index (χ2n) is 10.4. The highest BCUT2D eigenvalue weighted by Gasteiger charge is 2.23. The number of benzene rings is 2. The van der Waals surface area contributed by atoms with Crippen molar-refractivity contribution in [2.45, 2.75) is 103 Å². The molecule has 1 aliphatic heterocycles. The van der Waals surface area contributed by atoms with Crippen LogP contribution < -0.4 is 0 Å². The Kier molecular flexibility index (Phi) is 9.44. The Morgan fingerprint density at radius 3 is 1.88 bits per heavy atom. The summed E-state index contributed by atoms with van der Waals surface area (Å²) in [5.74, 6) is 1.71. The zero-order valence-corrected chi connectivity index (χ0v) is 20.9. The van der Waals surface area contributed by atoms with E-state index in [1.165, 1.54) is 86.5 Å². The molecule has 0 amide bonds. The monoisotopic (exact) mass is 448 g/mol. The van der Waals surface area contributed by atoms with Gasteiger partial charge in [-0.1, -0.05) is 101 Å². The summed E-state index contributed by atoms with van der Waals surface area (Å²) in [5, 5.41) is 0. The van der Waals surface area contributed by atoms with Crippen molar-refractivity contribution in [1.82, 2.24) is 0 Å². The lowest BCUT2D eigenvalue weighted by atomic mass is 9.77. The minimum atomic E-state index is 0.0658. The fourth-order valence-corrected chi connectivity index (χ4v) is 5.62. The summed E-state index contributed by atoms with van der Waals surface area (Å²) in [6.45, 7) is 6.00. The Balaban J connectivity index is 1.25. The maximum atomic E-state index is 6.17. The van der Waals surface area contributed by atoms with Crippen LogP contribution in [-0.4, -0.2) is 19.3 Å². The van der Waals surface area contributed by atoms with Crippen molar-refractivity contribution in [3.8, 4) is 11.1 Å². The molecule has 0 aromatic heterocycles. The van der Waals surface area contributed by atoms with Crippen LogP contribution in [0.15, 0.2) is 48.5 Å². The van der Waals surface area contributed by atoms with E-state index in [9.17, 15) is 0 Å². The third-order valence-electron chi connectivity index (χ3n) is 8.02.